The summed E-state index contributed by atoms with van der Waals surface area (Å²) in [6.07, 6.45) is 12.4. The predicted molar refractivity (Wildman–Crippen MR) is 140 cm³/mol. The molecule has 8 atom stereocenters. The molecule has 2 unspecified atom stereocenters. The lowest BCUT2D eigenvalue weighted by Crippen LogP contribution is -2.55. The van der Waals surface area contributed by atoms with Crippen LogP contribution in [0.1, 0.15) is 83.3 Å². The lowest BCUT2D eigenvalue weighted by Gasteiger charge is -2.60. The minimum atomic E-state index is -1.10. The van der Waals surface area contributed by atoms with Crippen LogP contribution in [0.2, 0.25) is 0 Å². The molecule has 3 heteroatoms. The minimum Gasteiger partial charge on any atom is -0.365 e. The molecular formula is C32H44O3. The Kier molecular flexibility index (Phi) is 6.41. The summed E-state index contributed by atoms with van der Waals surface area (Å²) in [5.41, 5.74) is 3.98. The molecule has 0 aliphatic heterocycles. The zero-order valence-electron chi connectivity index (χ0n) is 22.2. The van der Waals surface area contributed by atoms with E-state index in [9.17, 15) is 9.90 Å². The molecule has 0 radical (unpaired) electrons. The number of aliphatic hydroxyl groups is 1. The molecule has 1 aromatic carbocycles. The third-order valence-electron chi connectivity index (χ3n) is 10.9. The highest BCUT2D eigenvalue weighted by molar-refractivity contribution is 5.79. The Morgan fingerprint density at radius 1 is 1.11 bits per heavy atom. The minimum absolute atomic E-state index is 0.109. The number of fused-ring (bicyclic) bond motifs is 5. The zero-order chi connectivity index (χ0) is 25.0. The summed E-state index contributed by atoms with van der Waals surface area (Å²) in [5.74, 6) is 1.77. The van der Waals surface area contributed by atoms with Crippen LogP contribution in [0.4, 0.5) is 0 Å². The maximum absolute atomic E-state index is 12.5. The molecule has 0 amide bonds. The van der Waals surface area contributed by atoms with Gasteiger partial charge < -0.3 is 9.84 Å². The Morgan fingerprint density at radius 3 is 2.54 bits per heavy atom. The second-order valence-electron chi connectivity index (χ2n) is 12.8. The normalized spacial score (nSPS) is 42.4. The molecule has 4 aliphatic carbocycles. The Hall–Kier alpha value is -1.71. The molecule has 4 aliphatic rings. The maximum Gasteiger partial charge on any atom is 0.169 e. The van der Waals surface area contributed by atoms with E-state index < -0.39 is 5.79 Å². The standard InChI is InChI=1S/C32H44O3/c1-6-7-24-18-25-19-32(34,35-20-23-10-8-21(2)9-11-23)17-16-30(25,4)28-14-15-31(5)26(22(3)33)12-13-27(31)29(24)28/h6,8-11,18,24,26-29,34H,1,7,12-17,19-20H2,2-5H3/t24?,26-,27+,28+,29+,30+,31-,32?/m1/s1. The van der Waals surface area contributed by atoms with E-state index in [1.807, 2.05) is 6.92 Å². The van der Waals surface area contributed by atoms with Crippen LogP contribution >= 0.6 is 0 Å². The van der Waals surface area contributed by atoms with Crippen molar-refractivity contribution in [2.24, 2.45) is 40.4 Å². The SMILES string of the molecule is C=CCC1C=C2CC(O)(OCc3ccc(C)cc3)CC[C@]2(C)[C@H]2CC[C@]3(C)[C@@H](C(C)=O)CC[C@H]3[C@H]12. The van der Waals surface area contributed by atoms with Gasteiger partial charge in [0.1, 0.15) is 5.78 Å². The summed E-state index contributed by atoms with van der Waals surface area (Å²) in [6.45, 7) is 13.3. The van der Waals surface area contributed by atoms with Gasteiger partial charge in [0.05, 0.1) is 6.61 Å². The van der Waals surface area contributed by atoms with Crippen molar-refractivity contribution in [2.45, 2.75) is 91.5 Å². The van der Waals surface area contributed by atoms with Gasteiger partial charge >= 0.3 is 0 Å². The lowest BCUT2D eigenvalue weighted by atomic mass is 9.45. The predicted octanol–water partition coefficient (Wildman–Crippen LogP) is 7.17. The summed E-state index contributed by atoms with van der Waals surface area (Å²) in [7, 11) is 0. The molecule has 3 fully saturated rings. The van der Waals surface area contributed by atoms with E-state index in [0.29, 0.717) is 48.9 Å². The summed E-state index contributed by atoms with van der Waals surface area (Å²) in [4.78, 5) is 12.5. The van der Waals surface area contributed by atoms with Crippen LogP contribution in [0.15, 0.2) is 48.6 Å². The number of rotatable bonds is 6. The monoisotopic (exact) mass is 476 g/mol. The van der Waals surface area contributed by atoms with Gasteiger partial charge in [0.25, 0.3) is 0 Å². The highest BCUT2D eigenvalue weighted by atomic mass is 16.6. The fourth-order valence-electron chi connectivity index (χ4n) is 8.89. The lowest BCUT2D eigenvalue weighted by molar-refractivity contribution is -0.232. The van der Waals surface area contributed by atoms with Crippen molar-refractivity contribution in [3.63, 3.8) is 0 Å². The Labute approximate surface area is 212 Å². The van der Waals surface area contributed by atoms with E-state index in [2.05, 4.69) is 63.8 Å². The second-order valence-corrected chi connectivity index (χ2v) is 12.8. The Balaban J connectivity index is 1.41. The van der Waals surface area contributed by atoms with Crippen LogP contribution in [0, 0.1) is 47.3 Å². The molecule has 5 rings (SSSR count). The van der Waals surface area contributed by atoms with E-state index in [1.54, 1.807) is 0 Å². The van der Waals surface area contributed by atoms with Gasteiger partial charge in [0.15, 0.2) is 5.79 Å². The summed E-state index contributed by atoms with van der Waals surface area (Å²) < 4.78 is 6.20. The van der Waals surface area contributed by atoms with Gasteiger partial charge in [0.2, 0.25) is 0 Å². The number of benzene rings is 1. The van der Waals surface area contributed by atoms with Gasteiger partial charge in [-0.25, -0.2) is 0 Å². The average molecular weight is 477 g/mol. The van der Waals surface area contributed by atoms with Crippen LogP contribution < -0.4 is 0 Å². The second kappa shape index (κ2) is 8.99. The van der Waals surface area contributed by atoms with Crippen LogP contribution in [0.5, 0.6) is 0 Å². The molecule has 0 bridgehead atoms. The van der Waals surface area contributed by atoms with Gasteiger partial charge in [-0.15, -0.1) is 6.58 Å². The summed E-state index contributed by atoms with van der Waals surface area (Å²) in [5, 5.41) is 11.5. The van der Waals surface area contributed by atoms with Crippen molar-refractivity contribution >= 4 is 5.78 Å². The number of carbonyl (C=O) groups is 1. The van der Waals surface area contributed by atoms with Crippen molar-refractivity contribution < 1.29 is 14.6 Å². The third-order valence-corrected chi connectivity index (χ3v) is 10.9. The first-order valence-electron chi connectivity index (χ1n) is 13.8. The van der Waals surface area contributed by atoms with E-state index in [0.717, 1.165) is 31.2 Å². The van der Waals surface area contributed by atoms with Crippen molar-refractivity contribution in [1.82, 2.24) is 0 Å². The van der Waals surface area contributed by atoms with Crippen molar-refractivity contribution in [2.75, 3.05) is 0 Å². The molecule has 1 N–H and O–H groups in total. The van der Waals surface area contributed by atoms with Crippen molar-refractivity contribution in [3.05, 3.63) is 59.7 Å². The van der Waals surface area contributed by atoms with Crippen LogP contribution in [0.3, 0.4) is 0 Å². The number of aryl methyl sites for hydroxylation is 1. The largest absolute Gasteiger partial charge is 0.365 e. The van der Waals surface area contributed by atoms with E-state index in [1.165, 1.54) is 24.0 Å². The molecule has 1 aromatic rings. The Morgan fingerprint density at radius 2 is 1.86 bits per heavy atom. The van der Waals surface area contributed by atoms with E-state index in [4.69, 9.17) is 4.74 Å². The first-order chi connectivity index (χ1) is 16.6. The fourth-order valence-corrected chi connectivity index (χ4v) is 8.89. The number of carbonyl (C=O) groups excluding carboxylic acids is 1. The van der Waals surface area contributed by atoms with Gasteiger partial charge in [0, 0.05) is 18.8 Å². The molecule has 0 saturated heterocycles. The third kappa shape index (κ3) is 4.17. The number of hydrogen-bond acceptors (Lipinski definition) is 3. The smallest absolute Gasteiger partial charge is 0.169 e. The molecule has 0 heterocycles. The zero-order valence-corrected chi connectivity index (χ0v) is 22.2. The number of hydrogen-bond donors (Lipinski definition) is 1. The first-order valence-corrected chi connectivity index (χ1v) is 13.8. The topological polar surface area (TPSA) is 46.5 Å². The highest BCUT2D eigenvalue weighted by Gasteiger charge is 2.62. The average Bonchev–Trinajstić information content (AvgIpc) is 3.17. The summed E-state index contributed by atoms with van der Waals surface area (Å²) >= 11 is 0. The molecule has 35 heavy (non-hydrogen) atoms. The molecule has 190 valence electrons. The number of Topliss-reactive ketones (excluding diaryl/α,β-unsaturated/α-hetero) is 1. The number of allylic oxidation sites excluding steroid dienone is 2. The van der Waals surface area contributed by atoms with Crippen LogP contribution in [-0.2, 0) is 16.1 Å². The number of ether oxygens (including phenoxy) is 1. The first kappa shape index (κ1) is 25.0. The Bertz CT molecular complexity index is 1010. The summed E-state index contributed by atoms with van der Waals surface area (Å²) in [6, 6.07) is 8.37. The molecule has 0 spiro atoms. The molecule has 0 aromatic heterocycles. The quantitative estimate of drug-likeness (QED) is 0.350. The van der Waals surface area contributed by atoms with Crippen molar-refractivity contribution in [3.8, 4) is 0 Å². The highest BCUT2D eigenvalue weighted by Crippen LogP contribution is 2.68. The molecule has 3 saturated carbocycles. The maximum atomic E-state index is 12.5. The number of ketones is 1. The van der Waals surface area contributed by atoms with E-state index in [-0.39, 0.29) is 16.7 Å². The molecular weight excluding hydrogens is 432 g/mol. The van der Waals surface area contributed by atoms with Crippen LogP contribution in [0.25, 0.3) is 0 Å². The fraction of sp³-hybridized carbons (Fsp3) is 0.656. The van der Waals surface area contributed by atoms with Gasteiger partial charge in [-0.05, 0) is 92.4 Å². The molecule has 3 nitrogen and oxygen atoms in total. The van der Waals surface area contributed by atoms with Gasteiger partial charge in [-0.3, -0.25) is 4.79 Å². The van der Waals surface area contributed by atoms with Gasteiger partial charge in [-0.2, -0.15) is 0 Å². The van der Waals surface area contributed by atoms with Crippen LogP contribution in [-0.4, -0.2) is 16.7 Å². The van der Waals surface area contributed by atoms with Gasteiger partial charge in [-0.1, -0.05) is 61.4 Å². The van der Waals surface area contributed by atoms with E-state index >= 15 is 0 Å². The van der Waals surface area contributed by atoms with Crippen molar-refractivity contribution in [1.29, 1.82) is 0 Å².